The van der Waals surface area contributed by atoms with Crippen LogP contribution in [0.25, 0.3) is 6.08 Å². The Bertz CT molecular complexity index is 1130. The van der Waals surface area contributed by atoms with Crippen LogP contribution in [0.1, 0.15) is 37.0 Å². The number of rotatable bonds is 9. The van der Waals surface area contributed by atoms with Crippen molar-refractivity contribution < 1.29 is 19.1 Å². The highest BCUT2D eigenvalue weighted by molar-refractivity contribution is 9.10. The minimum Gasteiger partial charge on any atom is -0.490 e. The molecule has 1 saturated heterocycles. The summed E-state index contributed by atoms with van der Waals surface area (Å²) in [6.07, 6.45) is 2.63. The van der Waals surface area contributed by atoms with E-state index in [1.807, 2.05) is 52.0 Å². The van der Waals surface area contributed by atoms with Gasteiger partial charge in [-0.3, -0.25) is 14.5 Å². The van der Waals surface area contributed by atoms with E-state index in [9.17, 15) is 9.59 Å². The number of nitrogens with one attached hydrogen (secondary N) is 1. The maximum atomic E-state index is 12.7. The zero-order valence-electron chi connectivity index (χ0n) is 19.6. The predicted molar refractivity (Wildman–Crippen MR) is 146 cm³/mol. The average Bonchev–Trinajstić information content (AvgIpc) is 3.00. The molecular weight excluding hydrogens is 536 g/mol. The Balaban J connectivity index is 1.77. The van der Waals surface area contributed by atoms with Crippen molar-refractivity contribution in [3.63, 3.8) is 0 Å². The second-order valence-electron chi connectivity index (χ2n) is 7.81. The van der Waals surface area contributed by atoms with Crippen molar-refractivity contribution in [3.8, 4) is 11.5 Å². The fourth-order valence-corrected chi connectivity index (χ4v) is 5.41. The van der Waals surface area contributed by atoms with Crippen LogP contribution in [0.3, 0.4) is 0 Å². The largest absolute Gasteiger partial charge is 0.490 e. The van der Waals surface area contributed by atoms with Gasteiger partial charge in [0.05, 0.1) is 16.0 Å². The predicted octanol–water partition coefficient (Wildman–Crippen LogP) is 6.09. The van der Waals surface area contributed by atoms with Gasteiger partial charge in [-0.15, -0.1) is 0 Å². The fourth-order valence-electron chi connectivity index (χ4n) is 3.52. The quantitative estimate of drug-likeness (QED) is 0.294. The van der Waals surface area contributed by atoms with Crippen LogP contribution in [0.15, 0.2) is 39.7 Å². The lowest BCUT2D eigenvalue weighted by atomic mass is 10.1. The fraction of sp³-hybridized carbons (Fsp3) is 0.320. The van der Waals surface area contributed by atoms with E-state index in [-0.39, 0.29) is 18.4 Å². The maximum Gasteiger partial charge on any atom is 0.266 e. The summed E-state index contributed by atoms with van der Waals surface area (Å²) in [6, 6.07) is 9.47. The van der Waals surface area contributed by atoms with Crippen LogP contribution in [0.2, 0.25) is 0 Å². The second-order valence-corrected chi connectivity index (χ2v) is 10.3. The van der Waals surface area contributed by atoms with Gasteiger partial charge in [-0.05, 0) is 90.2 Å². The number of halogens is 1. The summed E-state index contributed by atoms with van der Waals surface area (Å²) in [4.78, 5) is 27.3. The molecule has 0 spiro atoms. The van der Waals surface area contributed by atoms with Gasteiger partial charge in [0, 0.05) is 12.2 Å². The highest BCUT2D eigenvalue weighted by atomic mass is 79.9. The van der Waals surface area contributed by atoms with Crippen LogP contribution in [0, 0.1) is 13.8 Å². The van der Waals surface area contributed by atoms with Gasteiger partial charge in [0.1, 0.15) is 4.32 Å². The van der Waals surface area contributed by atoms with E-state index in [4.69, 9.17) is 21.7 Å². The van der Waals surface area contributed by atoms with Crippen LogP contribution in [-0.2, 0) is 9.59 Å². The van der Waals surface area contributed by atoms with Crippen LogP contribution < -0.4 is 14.8 Å². The zero-order chi connectivity index (χ0) is 24.8. The summed E-state index contributed by atoms with van der Waals surface area (Å²) >= 11 is 10.2. The first-order chi connectivity index (χ1) is 16.2. The third-order valence-electron chi connectivity index (χ3n) is 4.80. The third-order valence-corrected chi connectivity index (χ3v) is 6.77. The number of aryl methyl sites for hydroxylation is 2. The monoisotopic (exact) mass is 562 g/mol. The summed E-state index contributed by atoms with van der Waals surface area (Å²) < 4.78 is 12.8. The molecule has 0 aromatic heterocycles. The van der Waals surface area contributed by atoms with E-state index in [2.05, 4.69) is 21.2 Å². The average molecular weight is 564 g/mol. The van der Waals surface area contributed by atoms with Gasteiger partial charge in [-0.2, -0.15) is 0 Å². The minimum atomic E-state index is -0.275. The Labute approximate surface area is 218 Å². The van der Waals surface area contributed by atoms with Crippen molar-refractivity contribution in [2.24, 2.45) is 0 Å². The van der Waals surface area contributed by atoms with Crippen molar-refractivity contribution in [2.75, 3.05) is 25.1 Å². The molecule has 0 aliphatic carbocycles. The molecule has 3 rings (SSSR count). The molecule has 0 unspecified atom stereocenters. The van der Waals surface area contributed by atoms with Crippen LogP contribution in [0.4, 0.5) is 5.69 Å². The molecule has 1 heterocycles. The van der Waals surface area contributed by atoms with Crippen LogP contribution >= 0.6 is 39.9 Å². The van der Waals surface area contributed by atoms with E-state index in [0.717, 1.165) is 28.8 Å². The number of hydrogen-bond acceptors (Lipinski definition) is 6. The van der Waals surface area contributed by atoms with Crippen LogP contribution in [-0.4, -0.2) is 40.8 Å². The molecule has 34 heavy (non-hydrogen) atoms. The van der Waals surface area contributed by atoms with E-state index in [1.165, 1.54) is 11.8 Å². The Morgan fingerprint density at radius 3 is 2.50 bits per heavy atom. The molecule has 9 heteroatoms. The lowest BCUT2D eigenvalue weighted by Gasteiger charge is -2.15. The van der Waals surface area contributed by atoms with Gasteiger partial charge >= 0.3 is 0 Å². The smallest absolute Gasteiger partial charge is 0.266 e. The summed E-state index contributed by atoms with van der Waals surface area (Å²) in [5, 5.41) is 2.86. The molecule has 1 fully saturated rings. The Hall–Kier alpha value is -2.36. The first-order valence-electron chi connectivity index (χ1n) is 10.9. The molecule has 2 amide bonds. The first kappa shape index (κ1) is 26.2. The number of nitrogens with zero attached hydrogens (tertiary/aromatic N) is 1. The van der Waals surface area contributed by atoms with Gasteiger partial charge in [0.25, 0.3) is 11.8 Å². The number of thioether (sulfide) groups is 1. The van der Waals surface area contributed by atoms with E-state index in [0.29, 0.717) is 38.3 Å². The van der Waals surface area contributed by atoms with Gasteiger partial charge in [-0.1, -0.05) is 37.0 Å². The molecule has 1 N–H and O–H groups in total. The summed E-state index contributed by atoms with van der Waals surface area (Å²) in [6.45, 7) is 8.68. The molecular formula is C25H27BrN2O4S2. The number of carbonyl (C=O) groups excluding carboxylic acids is 2. The maximum absolute atomic E-state index is 12.7. The SMILES string of the molecule is CCCN1C(=O)/C(=C/c2cc(Br)c(OCC(=O)Nc3cc(C)cc(C)c3)c(OCC)c2)SC1=S. The Morgan fingerprint density at radius 1 is 1.15 bits per heavy atom. The highest BCUT2D eigenvalue weighted by Crippen LogP contribution is 2.39. The molecule has 1 aliphatic heterocycles. The Morgan fingerprint density at radius 2 is 1.85 bits per heavy atom. The van der Waals surface area contributed by atoms with E-state index >= 15 is 0 Å². The van der Waals surface area contributed by atoms with Gasteiger partial charge in [0.15, 0.2) is 18.1 Å². The standard InChI is InChI=1S/C25H27BrN2O4S2/c1-5-7-28-24(30)21(34-25(28)33)13-17-11-19(26)23(20(12-17)31-6-2)32-14-22(29)27-18-9-15(3)8-16(4)10-18/h8-13H,5-7,14H2,1-4H3,(H,27,29)/b21-13-. The third kappa shape index (κ3) is 6.61. The normalized spacial score (nSPS) is 14.6. The van der Waals surface area contributed by atoms with Crippen molar-refractivity contribution in [3.05, 3.63) is 56.4 Å². The lowest BCUT2D eigenvalue weighted by molar-refractivity contribution is -0.122. The van der Waals surface area contributed by atoms with E-state index < -0.39 is 0 Å². The van der Waals surface area contributed by atoms with Crippen molar-refractivity contribution in [2.45, 2.75) is 34.1 Å². The molecule has 0 saturated carbocycles. The van der Waals surface area contributed by atoms with Crippen LogP contribution in [0.5, 0.6) is 11.5 Å². The topological polar surface area (TPSA) is 67.9 Å². The summed E-state index contributed by atoms with van der Waals surface area (Å²) in [7, 11) is 0. The molecule has 2 aromatic rings. The van der Waals surface area contributed by atoms with E-state index in [1.54, 1.807) is 17.0 Å². The minimum absolute atomic E-state index is 0.0886. The first-order valence-corrected chi connectivity index (χ1v) is 13.0. The molecule has 0 atom stereocenters. The van der Waals surface area contributed by atoms with Gasteiger partial charge in [-0.25, -0.2) is 0 Å². The van der Waals surface area contributed by atoms with Gasteiger partial charge < -0.3 is 14.8 Å². The number of amides is 2. The lowest BCUT2D eigenvalue weighted by Crippen LogP contribution is -2.28. The van der Waals surface area contributed by atoms with Crippen molar-refractivity contribution >= 4 is 67.8 Å². The number of thiocarbonyl (C=S) groups is 1. The molecule has 1 aliphatic rings. The molecule has 180 valence electrons. The number of anilines is 1. The van der Waals surface area contributed by atoms with Crippen molar-refractivity contribution in [1.29, 1.82) is 0 Å². The zero-order valence-corrected chi connectivity index (χ0v) is 22.8. The number of hydrogen-bond donors (Lipinski definition) is 1. The number of carbonyl (C=O) groups is 2. The summed E-state index contributed by atoms with van der Waals surface area (Å²) in [5.74, 6) is 0.539. The molecule has 0 radical (unpaired) electrons. The molecule has 6 nitrogen and oxygen atoms in total. The summed E-state index contributed by atoms with van der Waals surface area (Å²) in [5.41, 5.74) is 3.63. The molecule has 0 bridgehead atoms. The second kappa shape index (κ2) is 11.9. The number of ether oxygens (including phenoxy) is 2. The Kier molecular flexibility index (Phi) is 9.16. The molecule has 2 aromatic carbocycles. The van der Waals surface area contributed by atoms with Crippen molar-refractivity contribution in [1.82, 2.24) is 4.90 Å². The highest BCUT2D eigenvalue weighted by Gasteiger charge is 2.31. The number of benzene rings is 2. The van der Waals surface area contributed by atoms with Gasteiger partial charge in [0.2, 0.25) is 0 Å².